The second-order valence-electron chi connectivity index (χ2n) is 2.24. The van der Waals surface area contributed by atoms with E-state index in [0.29, 0.717) is 0 Å². The number of halogens is 4. The van der Waals surface area contributed by atoms with Crippen LogP contribution in [0.4, 0.5) is 13.2 Å². The predicted octanol–water partition coefficient (Wildman–Crippen LogP) is 3.19. The van der Waals surface area contributed by atoms with Gasteiger partial charge >= 0.3 is 6.30 Å². The van der Waals surface area contributed by atoms with Crippen molar-refractivity contribution in [3.8, 4) is 0 Å². The Balaban J connectivity index is 2.92. The quantitative estimate of drug-likeness (QED) is 0.495. The Morgan fingerprint density at radius 1 is 1.15 bits per heavy atom. The Morgan fingerprint density at radius 2 is 1.69 bits per heavy atom. The highest BCUT2D eigenvalue weighted by Gasteiger charge is 2.26. The molecule has 0 heterocycles. The van der Waals surface area contributed by atoms with E-state index >= 15 is 0 Å². The van der Waals surface area contributed by atoms with E-state index in [9.17, 15) is 13.2 Å². The average Bonchev–Trinajstić information content (AvgIpc) is 2.03. The average molecular weight is 208 g/mol. The second-order valence-corrected chi connectivity index (χ2v) is 2.59. The molecule has 0 fully saturated rings. The van der Waals surface area contributed by atoms with Crippen LogP contribution in [0.5, 0.6) is 0 Å². The minimum atomic E-state index is -4.62. The van der Waals surface area contributed by atoms with Crippen LogP contribution >= 0.6 is 11.6 Å². The molecule has 0 saturated carbocycles. The first-order valence-corrected chi connectivity index (χ1v) is 3.74. The minimum Gasteiger partial charge on any atom is -0.171 e. The number of rotatable bonds is 1. The Hall–Kier alpha value is -1.03. The van der Waals surface area contributed by atoms with E-state index in [0.717, 1.165) is 0 Å². The molecule has 0 atom stereocenters. The van der Waals surface area contributed by atoms with Gasteiger partial charge in [0, 0.05) is 5.56 Å². The van der Waals surface area contributed by atoms with Crippen LogP contribution < -0.4 is 0 Å². The maximum absolute atomic E-state index is 11.7. The summed E-state index contributed by atoms with van der Waals surface area (Å²) in [5, 5.41) is -0.548. The Morgan fingerprint density at radius 3 is 2.15 bits per heavy atom. The number of hydrogen-bond acceptors (Lipinski definition) is 1. The van der Waals surface area contributed by atoms with E-state index in [2.05, 4.69) is 4.99 Å². The summed E-state index contributed by atoms with van der Waals surface area (Å²) in [5.74, 6) is 0. The van der Waals surface area contributed by atoms with Crippen molar-refractivity contribution in [3.05, 3.63) is 35.9 Å². The molecular formula is C8H5ClF3N. The predicted molar refractivity (Wildman–Crippen MR) is 44.9 cm³/mol. The van der Waals surface area contributed by atoms with Crippen LogP contribution in [-0.2, 0) is 0 Å². The van der Waals surface area contributed by atoms with Gasteiger partial charge < -0.3 is 0 Å². The summed E-state index contributed by atoms with van der Waals surface area (Å²) in [6, 6.07) is 7.77. The largest absolute Gasteiger partial charge is 0.504 e. The first-order valence-electron chi connectivity index (χ1n) is 3.36. The molecule has 70 valence electrons. The summed E-state index contributed by atoms with van der Waals surface area (Å²) in [6.07, 6.45) is -4.62. The normalized spacial score (nSPS) is 13.1. The highest BCUT2D eigenvalue weighted by atomic mass is 35.5. The van der Waals surface area contributed by atoms with Crippen LogP contribution in [0.25, 0.3) is 0 Å². The topological polar surface area (TPSA) is 12.4 Å². The number of benzene rings is 1. The third-order valence-electron chi connectivity index (χ3n) is 1.24. The molecular weight excluding hydrogens is 203 g/mol. The fourth-order valence-electron chi connectivity index (χ4n) is 0.752. The fraction of sp³-hybridized carbons (Fsp3) is 0.125. The monoisotopic (exact) mass is 207 g/mol. The fourth-order valence-corrected chi connectivity index (χ4v) is 0.973. The van der Waals surface area contributed by atoms with Crippen molar-refractivity contribution in [1.82, 2.24) is 0 Å². The first kappa shape index (κ1) is 10.1. The molecule has 0 aliphatic rings. The molecule has 0 radical (unpaired) electrons. The second kappa shape index (κ2) is 3.79. The third-order valence-corrected chi connectivity index (χ3v) is 1.54. The lowest BCUT2D eigenvalue weighted by Crippen LogP contribution is -2.06. The SMILES string of the molecule is FC(F)(F)/N=C(/Cl)c1ccccc1. The molecule has 0 unspecified atom stereocenters. The van der Waals surface area contributed by atoms with E-state index in [1.807, 2.05) is 0 Å². The van der Waals surface area contributed by atoms with Crippen molar-refractivity contribution in [2.24, 2.45) is 4.99 Å². The summed E-state index contributed by atoms with van der Waals surface area (Å²) < 4.78 is 35.2. The molecule has 0 saturated heterocycles. The van der Waals surface area contributed by atoms with E-state index < -0.39 is 11.5 Å². The van der Waals surface area contributed by atoms with Crippen molar-refractivity contribution in [2.75, 3.05) is 0 Å². The summed E-state index contributed by atoms with van der Waals surface area (Å²) in [6.45, 7) is 0. The standard InChI is InChI=1S/C8H5ClF3N/c9-7(13-8(10,11)12)6-4-2-1-3-5-6/h1-5H/b13-7+. The van der Waals surface area contributed by atoms with Crippen molar-refractivity contribution in [3.63, 3.8) is 0 Å². The van der Waals surface area contributed by atoms with Crippen molar-refractivity contribution in [2.45, 2.75) is 6.30 Å². The first-order chi connectivity index (χ1) is 5.99. The van der Waals surface area contributed by atoms with Gasteiger partial charge in [-0.2, -0.15) is 4.99 Å². The Labute approximate surface area is 77.9 Å². The van der Waals surface area contributed by atoms with Crippen molar-refractivity contribution in [1.29, 1.82) is 0 Å². The third kappa shape index (κ3) is 3.46. The molecule has 1 aromatic rings. The number of aliphatic imine (C=N–C) groups is 1. The van der Waals surface area contributed by atoms with Gasteiger partial charge in [0.25, 0.3) is 0 Å². The number of nitrogens with zero attached hydrogens (tertiary/aromatic N) is 1. The zero-order valence-corrected chi connectivity index (χ0v) is 7.10. The van der Waals surface area contributed by atoms with Gasteiger partial charge in [0.1, 0.15) is 5.17 Å². The van der Waals surface area contributed by atoms with E-state index in [1.165, 1.54) is 12.1 Å². The molecule has 0 spiro atoms. The van der Waals surface area contributed by atoms with Crippen LogP contribution in [0.15, 0.2) is 35.3 Å². The minimum absolute atomic E-state index is 0.251. The van der Waals surface area contributed by atoms with Crippen LogP contribution in [-0.4, -0.2) is 11.5 Å². The summed E-state index contributed by atoms with van der Waals surface area (Å²) in [4.78, 5) is 2.36. The van der Waals surface area contributed by atoms with E-state index in [4.69, 9.17) is 11.6 Å². The van der Waals surface area contributed by atoms with E-state index in [-0.39, 0.29) is 5.56 Å². The molecule has 0 N–H and O–H groups in total. The lowest BCUT2D eigenvalue weighted by Gasteiger charge is -2.00. The van der Waals surface area contributed by atoms with Crippen LogP contribution in [0.2, 0.25) is 0 Å². The van der Waals surface area contributed by atoms with Gasteiger partial charge in [-0.25, -0.2) is 0 Å². The summed E-state index contributed by atoms with van der Waals surface area (Å²) in [7, 11) is 0. The van der Waals surface area contributed by atoms with Crippen molar-refractivity contribution < 1.29 is 13.2 Å². The molecule has 5 heteroatoms. The highest BCUT2D eigenvalue weighted by Crippen LogP contribution is 2.19. The van der Waals surface area contributed by atoms with Gasteiger partial charge in [0.05, 0.1) is 0 Å². The Bertz CT molecular complexity index is 305. The smallest absolute Gasteiger partial charge is 0.171 e. The van der Waals surface area contributed by atoms with Crippen molar-refractivity contribution >= 4 is 16.8 Å². The van der Waals surface area contributed by atoms with Crippen LogP contribution in [0, 0.1) is 0 Å². The number of alkyl halides is 3. The molecule has 0 amide bonds. The zero-order chi connectivity index (χ0) is 9.90. The van der Waals surface area contributed by atoms with Gasteiger partial charge in [-0.3, -0.25) is 0 Å². The highest BCUT2D eigenvalue weighted by molar-refractivity contribution is 6.69. The molecule has 0 bridgehead atoms. The maximum Gasteiger partial charge on any atom is 0.504 e. The molecule has 1 aromatic carbocycles. The lowest BCUT2D eigenvalue weighted by atomic mass is 10.2. The molecule has 0 aromatic heterocycles. The van der Waals surface area contributed by atoms with E-state index in [1.54, 1.807) is 18.2 Å². The maximum atomic E-state index is 11.7. The van der Waals surface area contributed by atoms with Gasteiger partial charge in [0.15, 0.2) is 0 Å². The van der Waals surface area contributed by atoms with Gasteiger partial charge in [0.2, 0.25) is 0 Å². The Kier molecular flexibility index (Phi) is 2.93. The van der Waals surface area contributed by atoms with Gasteiger partial charge in [-0.05, 0) is 0 Å². The van der Waals surface area contributed by atoms with Crippen LogP contribution in [0.1, 0.15) is 5.56 Å². The van der Waals surface area contributed by atoms with Gasteiger partial charge in [-0.1, -0.05) is 41.9 Å². The molecule has 1 rings (SSSR count). The molecule has 0 aliphatic carbocycles. The molecule has 1 nitrogen and oxygen atoms in total. The number of hydrogen-bond donors (Lipinski definition) is 0. The lowest BCUT2D eigenvalue weighted by molar-refractivity contribution is -0.119. The van der Waals surface area contributed by atoms with Gasteiger partial charge in [-0.15, -0.1) is 13.2 Å². The summed E-state index contributed by atoms with van der Waals surface area (Å²) >= 11 is 5.32. The molecule has 13 heavy (non-hydrogen) atoms. The van der Waals surface area contributed by atoms with Crippen LogP contribution in [0.3, 0.4) is 0 Å². The zero-order valence-electron chi connectivity index (χ0n) is 6.35. The summed E-state index contributed by atoms with van der Waals surface area (Å²) in [5.41, 5.74) is 0.251. The molecule has 0 aliphatic heterocycles.